The molecule has 0 aliphatic heterocycles. The van der Waals surface area contributed by atoms with Gasteiger partial charge in [-0.1, -0.05) is 12.1 Å². The third kappa shape index (κ3) is 11.9. The summed E-state index contributed by atoms with van der Waals surface area (Å²) in [6, 6.07) is 3.69. The minimum absolute atomic E-state index is 0.00132. The summed E-state index contributed by atoms with van der Waals surface area (Å²) in [6.45, 7) is 4.34. The summed E-state index contributed by atoms with van der Waals surface area (Å²) in [4.78, 5) is 48.5. The van der Waals surface area contributed by atoms with Gasteiger partial charge in [-0.3, -0.25) is 18.6 Å². The smallest absolute Gasteiger partial charge is 0.408 e. The fourth-order valence-electron chi connectivity index (χ4n) is 2.64. The van der Waals surface area contributed by atoms with E-state index in [1.165, 1.54) is 18.4 Å². The van der Waals surface area contributed by atoms with Gasteiger partial charge in [0.2, 0.25) is 11.8 Å². The number of rotatable bonds is 11. The van der Waals surface area contributed by atoms with Gasteiger partial charge in [0.1, 0.15) is 30.0 Å². The number of aromatic hydroxyl groups is 1. The molecular formula is C21H31N3O8S. The molecule has 1 aromatic rings. The van der Waals surface area contributed by atoms with Gasteiger partial charge in [-0.15, -0.1) is 0 Å². The Kier molecular flexibility index (Phi) is 10.8. The number of hydrogen-bond donors (Lipinski definition) is 5. The van der Waals surface area contributed by atoms with Crippen LogP contribution in [0.3, 0.4) is 0 Å². The average Bonchev–Trinajstić information content (AvgIpc) is 2.68. The van der Waals surface area contributed by atoms with Crippen molar-refractivity contribution in [1.82, 2.24) is 16.0 Å². The van der Waals surface area contributed by atoms with Gasteiger partial charge in [0, 0.05) is 29.2 Å². The maximum absolute atomic E-state index is 13.0. The predicted molar refractivity (Wildman–Crippen MR) is 121 cm³/mol. The van der Waals surface area contributed by atoms with E-state index in [0.29, 0.717) is 5.56 Å². The molecular weight excluding hydrogens is 454 g/mol. The molecule has 0 aliphatic carbocycles. The second kappa shape index (κ2) is 12.8. The molecule has 0 radical (unpaired) electrons. The molecule has 0 aliphatic rings. The molecule has 0 saturated heterocycles. The van der Waals surface area contributed by atoms with Crippen LogP contribution in [0, 0.1) is 0 Å². The number of hydrogen-bond acceptors (Lipinski definition) is 7. The predicted octanol–water partition coefficient (Wildman–Crippen LogP) is 0.282. The second-order valence-corrected chi connectivity index (χ2v) is 9.86. The summed E-state index contributed by atoms with van der Waals surface area (Å²) in [5, 5.41) is 25.4. The minimum Gasteiger partial charge on any atom is -0.508 e. The van der Waals surface area contributed by atoms with Crippen LogP contribution in [0.2, 0.25) is 0 Å². The monoisotopic (exact) mass is 485 g/mol. The number of ether oxygens (including phenoxy) is 1. The minimum atomic E-state index is -1.26. The Morgan fingerprint density at radius 2 is 1.64 bits per heavy atom. The first-order chi connectivity index (χ1) is 15.3. The molecule has 1 unspecified atom stereocenters. The van der Waals surface area contributed by atoms with E-state index < -0.39 is 58.9 Å². The van der Waals surface area contributed by atoms with Gasteiger partial charge in [0.05, 0.1) is 0 Å². The number of aliphatic carboxylic acids is 1. The van der Waals surface area contributed by atoms with E-state index in [9.17, 15) is 28.5 Å². The summed E-state index contributed by atoms with van der Waals surface area (Å²) in [5.41, 5.74) is -0.195. The summed E-state index contributed by atoms with van der Waals surface area (Å²) < 4.78 is 16.7. The van der Waals surface area contributed by atoms with Crippen LogP contribution in [0.1, 0.15) is 32.8 Å². The molecule has 0 heterocycles. The third-order valence-electron chi connectivity index (χ3n) is 4.12. The SMILES string of the molecule is CS(=O)CC[C@@H](NC(=O)[C@H](Cc1ccc(O)cc1)NC(=O)OC(C)(C)C)C(=O)NCC(=O)O. The lowest BCUT2D eigenvalue weighted by Gasteiger charge is -2.25. The van der Waals surface area contributed by atoms with Crippen LogP contribution in [0.15, 0.2) is 24.3 Å². The zero-order valence-corrected chi connectivity index (χ0v) is 19.9. The third-order valence-corrected chi connectivity index (χ3v) is 4.94. The van der Waals surface area contributed by atoms with E-state index in [0.717, 1.165) is 0 Å². The average molecular weight is 486 g/mol. The number of carboxylic acid groups (broad SMARTS) is 1. The van der Waals surface area contributed by atoms with E-state index in [1.807, 2.05) is 0 Å². The van der Waals surface area contributed by atoms with Crippen LogP contribution in [0.4, 0.5) is 4.79 Å². The summed E-state index contributed by atoms with van der Waals surface area (Å²) in [6.07, 6.45) is 0.613. The number of carbonyl (C=O) groups is 4. The zero-order chi connectivity index (χ0) is 25.2. The Balaban J connectivity index is 3.04. The Morgan fingerprint density at radius 3 is 2.15 bits per heavy atom. The van der Waals surface area contributed by atoms with Gasteiger partial charge in [0.15, 0.2) is 0 Å². The van der Waals surface area contributed by atoms with Crippen LogP contribution < -0.4 is 16.0 Å². The molecule has 0 spiro atoms. The molecule has 0 saturated carbocycles. The van der Waals surface area contributed by atoms with E-state index in [-0.39, 0.29) is 24.3 Å². The lowest BCUT2D eigenvalue weighted by molar-refractivity contribution is -0.138. The van der Waals surface area contributed by atoms with Gasteiger partial charge in [0.25, 0.3) is 0 Å². The van der Waals surface area contributed by atoms with Crippen molar-refractivity contribution < 1.29 is 38.3 Å². The molecule has 3 atom stereocenters. The van der Waals surface area contributed by atoms with Crippen LogP contribution >= 0.6 is 0 Å². The van der Waals surface area contributed by atoms with E-state index in [4.69, 9.17) is 9.84 Å². The Labute approximate surface area is 194 Å². The topological polar surface area (TPSA) is 171 Å². The van der Waals surface area contributed by atoms with Crippen molar-refractivity contribution in [3.63, 3.8) is 0 Å². The molecule has 33 heavy (non-hydrogen) atoms. The van der Waals surface area contributed by atoms with Gasteiger partial charge < -0.3 is 30.9 Å². The van der Waals surface area contributed by atoms with Crippen molar-refractivity contribution >= 4 is 34.7 Å². The Morgan fingerprint density at radius 1 is 1.03 bits per heavy atom. The molecule has 5 N–H and O–H groups in total. The number of carboxylic acids is 1. The second-order valence-electron chi connectivity index (χ2n) is 8.31. The van der Waals surface area contributed by atoms with E-state index in [1.54, 1.807) is 32.9 Å². The lowest BCUT2D eigenvalue weighted by atomic mass is 10.0. The molecule has 12 heteroatoms. The highest BCUT2D eigenvalue weighted by Gasteiger charge is 2.29. The number of amides is 3. The van der Waals surface area contributed by atoms with Gasteiger partial charge >= 0.3 is 12.1 Å². The van der Waals surface area contributed by atoms with Gasteiger partial charge in [-0.2, -0.15) is 0 Å². The summed E-state index contributed by atoms with van der Waals surface area (Å²) >= 11 is 0. The molecule has 0 aromatic heterocycles. The van der Waals surface area contributed by atoms with Crippen molar-refractivity contribution in [2.24, 2.45) is 0 Å². The number of carbonyl (C=O) groups excluding carboxylic acids is 3. The van der Waals surface area contributed by atoms with E-state index >= 15 is 0 Å². The molecule has 0 fully saturated rings. The first-order valence-electron chi connectivity index (χ1n) is 10.1. The van der Waals surface area contributed by atoms with Crippen molar-refractivity contribution in [2.45, 2.75) is 51.3 Å². The van der Waals surface area contributed by atoms with Crippen LogP contribution in [-0.2, 0) is 36.3 Å². The first-order valence-corrected chi connectivity index (χ1v) is 11.9. The molecule has 184 valence electrons. The number of nitrogens with one attached hydrogen (secondary N) is 3. The summed E-state index contributed by atoms with van der Waals surface area (Å²) in [7, 11) is -1.26. The molecule has 11 nitrogen and oxygen atoms in total. The Bertz CT molecular complexity index is 867. The Hall–Kier alpha value is -3.15. The van der Waals surface area contributed by atoms with Crippen molar-refractivity contribution in [3.05, 3.63) is 29.8 Å². The lowest BCUT2D eigenvalue weighted by Crippen LogP contribution is -2.55. The largest absolute Gasteiger partial charge is 0.508 e. The van der Waals surface area contributed by atoms with Crippen molar-refractivity contribution in [2.75, 3.05) is 18.6 Å². The zero-order valence-electron chi connectivity index (χ0n) is 19.0. The summed E-state index contributed by atoms with van der Waals surface area (Å²) in [5.74, 6) is -2.61. The van der Waals surface area contributed by atoms with Crippen molar-refractivity contribution in [3.8, 4) is 5.75 Å². The van der Waals surface area contributed by atoms with E-state index in [2.05, 4.69) is 16.0 Å². The standard InChI is InChI=1S/C21H31N3O8S/c1-21(2,3)32-20(30)24-16(11-13-5-7-14(25)8-6-13)19(29)23-15(9-10-33(4)31)18(28)22-12-17(26)27/h5-8,15-16,25H,9-12H2,1-4H3,(H,22,28)(H,23,29)(H,24,30)(H,26,27)/t15-,16+,33?/m1/s1. The molecule has 1 rings (SSSR count). The highest BCUT2D eigenvalue weighted by atomic mass is 32.2. The van der Waals surface area contributed by atoms with Crippen LogP contribution in [0.25, 0.3) is 0 Å². The number of benzene rings is 1. The highest BCUT2D eigenvalue weighted by Crippen LogP contribution is 2.13. The molecule has 1 aromatic carbocycles. The molecule has 3 amide bonds. The van der Waals surface area contributed by atoms with Crippen LogP contribution in [-0.4, -0.2) is 74.5 Å². The van der Waals surface area contributed by atoms with Crippen molar-refractivity contribution in [1.29, 1.82) is 0 Å². The normalized spacial score (nSPS) is 13.8. The van der Waals surface area contributed by atoms with Gasteiger partial charge in [-0.25, -0.2) is 4.79 Å². The number of alkyl carbamates (subject to hydrolysis) is 1. The van der Waals surface area contributed by atoms with Gasteiger partial charge in [-0.05, 0) is 44.9 Å². The number of phenols is 1. The fraction of sp³-hybridized carbons (Fsp3) is 0.524. The quantitative estimate of drug-likeness (QED) is 0.297. The van der Waals surface area contributed by atoms with Crippen LogP contribution in [0.5, 0.6) is 5.75 Å². The maximum atomic E-state index is 13.0. The maximum Gasteiger partial charge on any atom is 0.408 e. The number of phenolic OH excluding ortho intramolecular Hbond substituents is 1. The fourth-order valence-corrected chi connectivity index (χ4v) is 3.21. The first kappa shape index (κ1) is 27.9. The highest BCUT2D eigenvalue weighted by molar-refractivity contribution is 7.84. The molecule has 0 bridgehead atoms.